The lowest BCUT2D eigenvalue weighted by atomic mass is 9.82. The Morgan fingerprint density at radius 2 is 1.79 bits per heavy atom. The first-order valence-corrected chi connectivity index (χ1v) is 11.1. The molecule has 0 amide bonds. The minimum atomic E-state index is -4.56. The van der Waals surface area contributed by atoms with Crippen LogP contribution in [0.15, 0.2) is 72.3 Å². The van der Waals surface area contributed by atoms with Crippen molar-refractivity contribution in [1.29, 1.82) is 0 Å². The summed E-state index contributed by atoms with van der Waals surface area (Å²) in [5.41, 5.74) is 0.150. The Morgan fingerprint density at radius 1 is 1.06 bits per heavy atom. The molecule has 2 aromatic heterocycles. The molecule has 1 N–H and O–H groups in total. The monoisotopic (exact) mass is 485 g/mol. The van der Waals surface area contributed by atoms with Gasteiger partial charge in [0.2, 0.25) is 0 Å². The molecule has 9 heteroatoms. The van der Waals surface area contributed by atoms with Crippen molar-refractivity contribution in [1.82, 2.24) is 4.57 Å². The Labute approximate surface area is 195 Å². The van der Waals surface area contributed by atoms with Crippen molar-refractivity contribution in [2.24, 2.45) is 0 Å². The van der Waals surface area contributed by atoms with Crippen LogP contribution in [0, 0.1) is 6.92 Å². The average molecular weight is 485 g/mol. The number of alkyl halides is 3. The zero-order chi connectivity index (χ0) is 24.6. The molecule has 0 saturated heterocycles. The van der Waals surface area contributed by atoms with Crippen LogP contribution in [0.2, 0.25) is 0 Å². The van der Waals surface area contributed by atoms with Gasteiger partial charge in [0.25, 0.3) is 5.56 Å². The van der Waals surface area contributed by atoms with Gasteiger partial charge in [0.1, 0.15) is 15.9 Å². The van der Waals surface area contributed by atoms with E-state index in [4.69, 9.17) is 4.42 Å². The Kier molecular flexibility index (Phi) is 4.77. The quantitative estimate of drug-likeness (QED) is 0.391. The molecule has 0 unspecified atom stereocenters. The van der Waals surface area contributed by atoms with Crippen LogP contribution in [0.25, 0.3) is 16.7 Å². The summed E-state index contributed by atoms with van der Waals surface area (Å²) in [6.45, 7) is 5.84. The van der Waals surface area contributed by atoms with Crippen molar-refractivity contribution >= 4 is 22.7 Å². The Balaban J connectivity index is 1.73. The van der Waals surface area contributed by atoms with Crippen molar-refractivity contribution in [3.8, 4) is 11.4 Å². The topological polar surface area (TPSA) is 72.4 Å². The molecule has 34 heavy (non-hydrogen) atoms. The largest absolute Gasteiger partial charge is 0.505 e. The predicted molar refractivity (Wildman–Crippen MR) is 122 cm³/mol. The van der Waals surface area contributed by atoms with Crippen LogP contribution in [0.4, 0.5) is 13.2 Å². The normalized spacial score (nSPS) is 14.3. The number of pyridine rings is 1. The molecule has 174 valence electrons. The third-order valence-electron chi connectivity index (χ3n) is 6.10. The van der Waals surface area contributed by atoms with Gasteiger partial charge in [0, 0.05) is 22.1 Å². The van der Waals surface area contributed by atoms with E-state index in [2.05, 4.69) is 0 Å². The SMILES string of the molecule is Cc1ccc2c(c1)C(C)(C)c1cc3oc(=O)c(Sc4cccc(C(F)(F)F)c4)c(O)c3c(=O)n1-2. The van der Waals surface area contributed by atoms with Crippen molar-refractivity contribution < 1.29 is 22.7 Å². The second-order valence-corrected chi connectivity index (χ2v) is 9.83. The van der Waals surface area contributed by atoms with Crippen molar-refractivity contribution in [2.75, 3.05) is 0 Å². The summed E-state index contributed by atoms with van der Waals surface area (Å²) in [5, 5.41) is 10.7. The van der Waals surface area contributed by atoms with Crippen molar-refractivity contribution in [3.63, 3.8) is 0 Å². The predicted octanol–water partition coefficient (Wildman–Crippen LogP) is 5.77. The molecular weight excluding hydrogens is 467 g/mol. The molecule has 4 aromatic rings. The highest BCUT2D eigenvalue weighted by atomic mass is 32.2. The molecule has 1 aliphatic rings. The van der Waals surface area contributed by atoms with Gasteiger partial charge in [0.15, 0.2) is 5.75 Å². The molecule has 5 nitrogen and oxygen atoms in total. The molecule has 0 spiro atoms. The van der Waals surface area contributed by atoms with E-state index in [1.54, 1.807) is 6.07 Å². The molecule has 0 atom stereocenters. The Morgan fingerprint density at radius 3 is 2.50 bits per heavy atom. The van der Waals surface area contributed by atoms with Crippen LogP contribution in [-0.2, 0) is 11.6 Å². The number of aromatic hydroxyl groups is 1. The van der Waals surface area contributed by atoms with Crippen molar-refractivity contribution in [3.05, 3.63) is 91.7 Å². The van der Waals surface area contributed by atoms with Crippen molar-refractivity contribution in [2.45, 2.75) is 42.2 Å². The number of rotatable bonds is 2. The minimum absolute atomic E-state index is 0.0694. The van der Waals surface area contributed by atoms with E-state index in [0.717, 1.165) is 23.3 Å². The first-order chi connectivity index (χ1) is 15.9. The average Bonchev–Trinajstić information content (AvgIpc) is 2.97. The number of aromatic nitrogens is 1. The maximum atomic E-state index is 13.6. The minimum Gasteiger partial charge on any atom is -0.505 e. The fraction of sp³-hybridized carbons (Fsp3) is 0.200. The summed E-state index contributed by atoms with van der Waals surface area (Å²) >= 11 is 0.611. The summed E-state index contributed by atoms with van der Waals surface area (Å²) in [4.78, 5) is 26.0. The van der Waals surface area contributed by atoms with Gasteiger partial charge in [-0.15, -0.1) is 0 Å². The fourth-order valence-electron chi connectivity index (χ4n) is 4.37. The number of hydrogen-bond acceptors (Lipinski definition) is 5. The molecule has 5 rings (SSSR count). The maximum absolute atomic E-state index is 13.6. The van der Waals surface area contributed by atoms with E-state index < -0.39 is 34.1 Å². The van der Waals surface area contributed by atoms with Gasteiger partial charge in [-0.25, -0.2) is 4.79 Å². The smallest absolute Gasteiger partial charge is 0.416 e. The molecule has 2 aromatic carbocycles. The van der Waals surface area contributed by atoms with Crippen LogP contribution in [-0.4, -0.2) is 9.67 Å². The fourth-order valence-corrected chi connectivity index (χ4v) is 5.26. The molecule has 0 saturated carbocycles. The van der Waals surface area contributed by atoms with Gasteiger partial charge < -0.3 is 9.52 Å². The summed E-state index contributed by atoms with van der Waals surface area (Å²) in [7, 11) is 0. The summed E-state index contributed by atoms with van der Waals surface area (Å²) in [6, 6.07) is 11.6. The standard InChI is InChI=1S/C25H18F3NO4S/c1-12-7-8-16-15(9-12)24(2,3)18-11-17-19(22(31)29(16)18)20(30)21(23(32)33-17)34-14-6-4-5-13(10-14)25(26,27)28/h4-11,30H,1-3H3. The van der Waals surface area contributed by atoms with Gasteiger partial charge >= 0.3 is 11.8 Å². The summed E-state index contributed by atoms with van der Waals surface area (Å²) < 4.78 is 46.1. The van der Waals surface area contributed by atoms with Gasteiger partial charge in [-0.2, -0.15) is 13.2 Å². The van der Waals surface area contributed by atoms with Crippen LogP contribution in [0.5, 0.6) is 5.75 Å². The maximum Gasteiger partial charge on any atom is 0.416 e. The number of benzene rings is 2. The molecule has 0 aliphatic carbocycles. The number of aryl methyl sites for hydroxylation is 1. The summed E-state index contributed by atoms with van der Waals surface area (Å²) in [5.74, 6) is -0.618. The van der Waals surface area contributed by atoms with Crippen LogP contribution in [0.1, 0.15) is 36.2 Å². The molecule has 0 bridgehead atoms. The number of halogens is 3. The Bertz CT molecular complexity index is 1620. The summed E-state index contributed by atoms with van der Waals surface area (Å²) in [6.07, 6.45) is -4.56. The van der Waals surface area contributed by atoms with E-state index >= 15 is 0 Å². The molecule has 3 heterocycles. The van der Waals surface area contributed by atoms with E-state index in [9.17, 15) is 27.9 Å². The third kappa shape index (κ3) is 3.26. The lowest BCUT2D eigenvalue weighted by Gasteiger charge is -2.20. The van der Waals surface area contributed by atoms with Crippen LogP contribution >= 0.6 is 11.8 Å². The molecular formula is C25H18F3NO4S. The molecule has 1 aliphatic heterocycles. The van der Waals surface area contributed by atoms with Crippen LogP contribution in [0.3, 0.4) is 0 Å². The highest BCUT2D eigenvalue weighted by molar-refractivity contribution is 7.99. The first-order valence-electron chi connectivity index (χ1n) is 10.3. The highest BCUT2D eigenvalue weighted by Crippen LogP contribution is 2.44. The number of fused-ring (bicyclic) bond motifs is 4. The lowest BCUT2D eigenvalue weighted by Crippen LogP contribution is -2.24. The van der Waals surface area contributed by atoms with E-state index in [0.29, 0.717) is 23.1 Å². The van der Waals surface area contributed by atoms with Gasteiger partial charge in [-0.1, -0.05) is 49.4 Å². The molecule has 0 radical (unpaired) electrons. The Hall–Kier alpha value is -3.46. The van der Waals surface area contributed by atoms with E-state index in [1.807, 2.05) is 39.0 Å². The van der Waals surface area contributed by atoms with E-state index in [1.165, 1.54) is 16.7 Å². The van der Waals surface area contributed by atoms with E-state index in [-0.39, 0.29) is 20.8 Å². The zero-order valence-electron chi connectivity index (χ0n) is 18.3. The third-order valence-corrected chi connectivity index (χ3v) is 7.15. The van der Waals surface area contributed by atoms with Gasteiger partial charge in [-0.3, -0.25) is 9.36 Å². The second kappa shape index (κ2) is 7.27. The lowest BCUT2D eigenvalue weighted by molar-refractivity contribution is -0.137. The first kappa shape index (κ1) is 22.3. The van der Waals surface area contributed by atoms with Crippen LogP contribution < -0.4 is 11.2 Å². The number of nitrogens with zero attached hydrogens (tertiary/aromatic N) is 1. The van der Waals surface area contributed by atoms with Gasteiger partial charge in [-0.05, 0) is 36.8 Å². The zero-order valence-corrected chi connectivity index (χ0v) is 19.1. The van der Waals surface area contributed by atoms with Gasteiger partial charge in [0.05, 0.1) is 11.3 Å². The molecule has 0 fully saturated rings. The number of hydrogen-bond donors (Lipinski definition) is 1. The second-order valence-electron chi connectivity index (χ2n) is 8.75. The highest BCUT2D eigenvalue weighted by Gasteiger charge is 2.38.